The summed E-state index contributed by atoms with van der Waals surface area (Å²) < 4.78 is 0. The van der Waals surface area contributed by atoms with Crippen molar-refractivity contribution in [3.05, 3.63) is 0 Å². The quantitative estimate of drug-likeness (QED) is 0.336. The molecule has 0 aromatic rings. The Bertz CT molecular complexity index is 255. The summed E-state index contributed by atoms with van der Waals surface area (Å²) in [4.78, 5) is 2.37. The normalized spacial score (nSPS) is 30.8. The molecule has 0 heterocycles. The van der Waals surface area contributed by atoms with Crippen LogP contribution >= 0.6 is 0 Å². The van der Waals surface area contributed by atoms with Gasteiger partial charge in [0.2, 0.25) is 0 Å². The minimum atomic E-state index is 0.324. The van der Waals surface area contributed by atoms with Crippen LogP contribution in [0, 0.1) is 11.8 Å². The predicted octanol–water partition coefficient (Wildman–Crippen LogP) is 2.27. The van der Waals surface area contributed by atoms with Crippen molar-refractivity contribution in [3.63, 3.8) is 0 Å². The summed E-state index contributed by atoms with van der Waals surface area (Å²) in [6, 6.07) is 0.599. The molecular formula is C13H27N3O. The van der Waals surface area contributed by atoms with Gasteiger partial charge in [-0.3, -0.25) is 4.90 Å². The lowest BCUT2D eigenvalue weighted by Gasteiger charge is -2.39. The molecule has 0 radical (unpaired) electrons. The molecule has 17 heavy (non-hydrogen) atoms. The highest BCUT2D eigenvalue weighted by molar-refractivity contribution is 5.81. The summed E-state index contributed by atoms with van der Waals surface area (Å²) in [5.41, 5.74) is 5.63. The molecule has 4 nitrogen and oxygen atoms in total. The summed E-state index contributed by atoms with van der Waals surface area (Å²) in [7, 11) is 0. The van der Waals surface area contributed by atoms with E-state index in [1.54, 1.807) is 0 Å². The van der Waals surface area contributed by atoms with E-state index in [2.05, 4.69) is 30.8 Å². The van der Waals surface area contributed by atoms with Crippen LogP contribution in [0.25, 0.3) is 0 Å². The Balaban J connectivity index is 2.57. The lowest BCUT2D eigenvalue weighted by Crippen LogP contribution is -2.44. The zero-order valence-corrected chi connectivity index (χ0v) is 11.4. The summed E-state index contributed by atoms with van der Waals surface area (Å²) in [6.45, 7) is 8.48. The molecule has 0 amide bonds. The molecule has 3 unspecified atom stereocenters. The molecule has 3 N–H and O–H groups in total. The van der Waals surface area contributed by atoms with Gasteiger partial charge >= 0.3 is 0 Å². The molecule has 1 fully saturated rings. The lowest BCUT2D eigenvalue weighted by atomic mass is 9.78. The number of nitrogens with two attached hydrogens (primary N) is 1. The van der Waals surface area contributed by atoms with Crippen molar-refractivity contribution < 1.29 is 5.21 Å². The van der Waals surface area contributed by atoms with E-state index in [4.69, 9.17) is 10.9 Å². The van der Waals surface area contributed by atoms with Gasteiger partial charge < -0.3 is 10.9 Å². The monoisotopic (exact) mass is 241 g/mol. The first-order valence-corrected chi connectivity index (χ1v) is 6.78. The number of oxime groups is 1. The third-order valence-corrected chi connectivity index (χ3v) is 4.09. The first-order chi connectivity index (χ1) is 8.08. The maximum atomic E-state index is 8.68. The molecule has 0 aliphatic heterocycles. The highest BCUT2D eigenvalue weighted by atomic mass is 16.4. The van der Waals surface area contributed by atoms with Crippen LogP contribution in [0.4, 0.5) is 0 Å². The van der Waals surface area contributed by atoms with E-state index < -0.39 is 0 Å². The molecule has 0 aromatic carbocycles. The van der Waals surface area contributed by atoms with Gasteiger partial charge in [-0.25, -0.2) is 0 Å². The topological polar surface area (TPSA) is 61.8 Å². The zero-order chi connectivity index (χ0) is 12.8. The van der Waals surface area contributed by atoms with E-state index in [1.165, 1.54) is 19.3 Å². The van der Waals surface area contributed by atoms with Gasteiger partial charge in [0, 0.05) is 6.04 Å². The zero-order valence-electron chi connectivity index (χ0n) is 11.4. The first kappa shape index (κ1) is 14.3. The molecule has 0 saturated heterocycles. The average molecular weight is 241 g/mol. The van der Waals surface area contributed by atoms with E-state index in [0.29, 0.717) is 18.4 Å². The molecule has 1 rings (SSSR count). The SMILES string of the molecule is CCCN(CC(N)=NO)C1CCC(C)C(C)C1. The number of nitrogens with zero attached hydrogens (tertiary/aromatic N) is 2. The van der Waals surface area contributed by atoms with Crippen molar-refractivity contribution in [2.24, 2.45) is 22.7 Å². The number of amidine groups is 1. The maximum absolute atomic E-state index is 8.68. The summed E-state index contributed by atoms with van der Waals surface area (Å²) in [5.74, 6) is 1.93. The van der Waals surface area contributed by atoms with E-state index >= 15 is 0 Å². The molecule has 0 aromatic heterocycles. The fourth-order valence-electron chi connectivity index (χ4n) is 2.77. The van der Waals surface area contributed by atoms with E-state index in [0.717, 1.165) is 24.8 Å². The van der Waals surface area contributed by atoms with Crippen LogP contribution < -0.4 is 5.73 Å². The van der Waals surface area contributed by atoms with Crippen molar-refractivity contribution in [2.45, 2.75) is 52.5 Å². The molecule has 1 aliphatic carbocycles. The smallest absolute Gasteiger partial charge is 0.153 e. The van der Waals surface area contributed by atoms with Gasteiger partial charge in [-0.1, -0.05) is 25.9 Å². The molecule has 1 aliphatic rings. The standard InChI is InChI=1S/C13H27N3O/c1-4-7-16(9-13(14)15-17)12-6-5-10(2)11(3)8-12/h10-12,17H,4-9H2,1-3H3,(H2,14,15). The van der Waals surface area contributed by atoms with Gasteiger partial charge in [-0.05, 0) is 44.1 Å². The Labute approximate surface area is 105 Å². The third kappa shape index (κ3) is 4.19. The van der Waals surface area contributed by atoms with Crippen molar-refractivity contribution in [1.29, 1.82) is 0 Å². The Morgan fingerprint density at radius 1 is 1.35 bits per heavy atom. The van der Waals surface area contributed by atoms with Crippen molar-refractivity contribution in [1.82, 2.24) is 4.90 Å². The highest BCUT2D eigenvalue weighted by Crippen LogP contribution is 2.32. The molecular weight excluding hydrogens is 214 g/mol. The Morgan fingerprint density at radius 3 is 2.59 bits per heavy atom. The Morgan fingerprint density at radius 2 is 2.06 bits per heavy atom. The third-order valence-electron chi connectivity index (χ3n) is 4.09. The van der Waals surface area contributed by atoms with E-state index in [9.17, 15) is 0 Å². The van der Waals surface area contributed by atoms with Gasteiger partial charge in [0.05, 0.1) is 6.54 Å². The first-order valence-electron chi connectivity index (χ1n) is 6.78. The second-order valence-corrected chi connectivity index (χ2v) is 5.48. The van der Waals surface area contributed by atoms with Crippen LogP contribution in [-0.2, 0) is 0 Å². The molecule has 3 atom stereocenters. The fraction of sp³-hybridized carbons (Fsp3) is 0.923. The van der Waals surface area contributed by atoms with Crippen LogP contribution in [0.3, 0.4) is 0 Å². The van der Waals surface area contributed by atoms with Crippen LogP contribution in [0.1, 0.15) is 46.5 Å². The molecule has 0 bridgehead atoms. The molecule has 100 valence electrons. The largest absolute Gasteiger partial charge is 0.409 e. The maximum Gasteiger partial charge on any atom is 0.153 e. The minimum Gasteiger partial charge on any atom is -0.409 e. The van der Waals surface area contributed by atoms with Crippen molar-refractivity contribution in [2.75, 3.05) is 13.1 Å². The van der Waals surface area contributed by atoms with Gasteiger partial charge in [-0.2, -0.15) is 0 Å². The Kier molecular flexibility index (Phi) is 5.75. The van der Waals surface area contributed by atoms with Gasteiger partial charge in [-0.15, -0.1) is 0 Å². The number of rotatable bonds is 5. The van der Waals surface area contributed by atoms with Gasteiger partial charge in [0.15, 0.2) is 5.84 Å². The average Bonchev–Trinajstić information content (AvgIpc) is 2.32. The van der Waals surface area contributed by atoms with Crippen LogP contribution in [0.2, 0.25) is 0 Å². The van der Waals surface area contributed by atoms with Crippen LogP contribution in [0.5, 0.6) is 0 Å². The van der Waals surface area contributed by atoms with E-state index in [-0.39, 0.29) is 0 Å². The second-order valence-electron chi connectivity index (χ2n) is 5.48. The highest BCUT2D eigenvalue weighted by Gasteiger charge is 2.28. The molecule has 0 spiro atoms. The molecule has 1 saturated carbocycles. The number of hydrogen-bond acceptors (Lipinski definition) is 3. The minimum absolute atomic E-state index is 0.324. The molecule has 4 heteroatoms. The Hall–Kier alpha value is -0.770. The summed E-state index contributed by atoms with van der Waals surface area (Å²) in [6.07, 6.45) is 4.88. The lowest BCUT2D eigenvalue weighted by molar-refractivity contribution is 0.121. The van der Waals surface area contributed by atoms with Gasteiger partial charge in [0.1, 0.15) is 0 Å². The summed E-state index contributed by atoms with van der Waals surface area (Å²) >= 11 is 0. The van der Waals surface area contributed by atoms with Crippen LogP contribution in [0.15, 0.2) is 5.16 Å². The second kappa shape index (κ2) is 6.84. The summed E-state index contributed by atoms with van der Waals surface area (Å²) in [5, 5.41) is 11.8. The van der Waals surface area contributed by atoms with Crippen molar-refractivity contribution in [3.8, 4) is 0 Å². The van der Waals surface area contributed by atoms with E-state index in [1.807, 2.05) is 0 Å². The predicted molar refractivity (Wildman–Crippen MR) is 71.2 cm³/mol. The van der Waals surface area contributed by atoms with Crippen molar-refractivity contribution >= 4 is 5.84 Å². The van der Waals surface area contributed by atoms with Gasteiger partial charge in [0.25, 0.3) is 0 Å². The number of hydrogen-bond donors (Lipinski definition) is 2. The van der Waals surface area contributed by atoms with Crippen LogP contribution in [-0.4, -0.2) is 35.1 Å². The fourth-order valence-corrected chi connectivity index (χ4v) is 2.77.